The number of rotatable bonds is 28. The minimum absolute atomic E-state index is 0.503. The van der Waals surface area contributed by atoms with E-state index in [1.54, 1.807) is 0 Å². The molecular weight excluding hydrogens is 484 g/mol. The summed E-state index contributed by atoms with van der Waals surface area (Å²) in [5, 5.41) is 0. The molecule has 0 saturated carbocycles. The summed E-state index contributed by atoms with van der Waals surface area (Å²) >= 11 is 0. The molecule has 0 spiro atoms. The van der Waals surface area contributed by atoms with E-state index in [9.17, 15) is 0 Å². The van der Waals surface area contributed by atoms with Gasteiger partial charge in [-0.1, -0.05) is 185 Å². The molecule has 0 bridgehead atoms. The van der Waals surface area contributed by atoms with Crippen LogP contribution < -0.4 is 0 Å². The number of hydrogen-bond donors (Lipinski definition) is 0. The molecule has 0 fully saturated rings. The van der Waals surface area contributed by atoms with Gasteiger partial charge < -0.3 is 9.80 Å². The third-order valence-corrected chi connectivity index (χ3v) is 9.02. The molecule has 2 heteroatoms. The summed E-state index contributed by atoms with van der Waals surface area (Å²) in [6.07, 6.45) is 40.6. The van der Waals surface area contributed by atoms with E-state index in [1.165, 1.54) is 173 Å². The molecule has 0 N–H and O–H groups in total. The summed E-state index contributed by atoms with van der Waals surface area (Å²) in [4.78, 5) is 5.28. The second kappa shape index (κ2) is 25.3. The zero-order valence-corrected chi connectivity index (χ0v) is 27.1. The minimum Gasteiger partial charge on any atom is -0.356 e. The van der Waals surface area contributed by atoms with Gasteiger partial charge in [0, 0.05) is 31.9 Å². The molecule has 2 nitrogen and oxygen atoms in total. The maximum absolute atomic E-state index is 2.64. The Labute approximate surface area is 251 Å². The Hall–Kier alpha value is -1.44. The van der Waals surface area contributed by atoms with E-state index in [0.717, 1.165) is 6.42 Å². The molecule has 1 atom stereocenters. The SMILES string of the molecule is CCCCCCCCCCCCCCCN1C=CN(CCCCCCCCCCCCC)C1Cc1ccccc1. The molecular formula is C38H68N2. The van der Waals surface area contributed by atoms with Crippen molar-refractivity contribution in [2.75, 3.05) is 13.1 Å². The highest BCUT2D eigenvalue weighted by Gasteiger charge is 2.25. The summed E-state index contributed by atoms with van der Waals surface area (Å²) in [5.74, 6) is 0. The average molecular weight is 553 g/mol. The van der Waals surface area contributed by atoms with Gasteiger partial charge in [0.1, 0.15) is 6.17 Å². The van der Waals surface area contributed by atoms with Gasteiger partial charge in [0.2, 0.25) is 0 Å². The van der Waals surface area contributed by atoms with Crippen molar-refractivity contribution in [2.45, 2.75) is 181 Å². The molecule has 1 unspecified atom stereocenters. The predicted octanol–water partition coefficient (Wildman–Crippen LogP) is 12.0. The fraction of sp³-hybridized carbons (Fsp3) is 0.789. The summed E-state index contributed by atoms with van der Waals surface area (Å²) in [7, 11) is 0. The normalized spacial score (nSPS) is 15.0. The predicted molar refractivity (Wildman–Crippen MR) is 179 cm³/mol. The summed E-state index contributed by atoms with van der Waals surface area (Å²) < 4.78 is 0. The fourth-order valence-electron chi connectivity index (χ4n) is 6.34. The van der Waals surface area contributed by atoms with Crippen molar-refractivity contribution in [1.82, 2.24) is 9.80 Å². The van der Waals surface area contributed by atoms with Gasteiger partial charge in [0.25, 0.3) is 0 Å². The summed E-state index contributed by atoms with van der Waals surface area (Å²) in [5.41, 5.74) is 1.47. The van der Waals surface area contributed by atoms with Crippen molar-refractivity contribution < 1.29 is 0 Å². The van der Waals surface area contributed by atoms with Gasteiger partial charge in [0.15, 0.2) is 0 Å². The standard InChI is InChI=1S/C38H68N2/c1-3-5-7-9-11-13-15-16-18-20-22-24-29-33-40-35-34-39(38(40)36-37-30-26-25-27-31-37)32-28-23-21-19-17-14-12-10-8-6-4-2/h25-27,30-31,34-35,38H,3-24,28-29,32-33,36H2,1-2H3. The number of nitrogens with zero attached hydrogens (tertiary/aromatic N) is 2. The topological polar surface area (TPSA) is 6.48 Å². The quantitative estimate of drug-likeness (QED) is 0.0954. The second-order valence-corrected chi connectivity index (χ2v) is 12.7. The highest BCUT2D eigenvalue weighted by molar-refractivity contribution is 5.17. The van der Waals surface area contributed by atoms with Crippen LogP contribution in [0.4, 0.5) is 0 Å². The van der Waals surface area contributed by atoms with E-state index in [0.29, 0.717) is 6.17 Å². The third kappa shape index (κ3) is 17.4. The molecule has 2 rings (SSSR count). The lowest BCUT2D eigenvalue weighted by atomic mass is 10.0. The Bertz CT molecular complexity index is 684. The van der Waals surface area contributed by atoms with Crippen LogP contribution >= 0.6 is 0 Å². The van der Waals surface area contributed by atoms with E-state index in [4.69, 9.17) is 0 Å². The number of benzene rings is 1. The van der Waals surface area contributed by atoms with Crippen LogP contribution in [0.1, 0.15) is 174 Å². The first-order chi connectivity index (χ1) is 19.8. The van der Waals surface area contributed by atoms with Gasteiger partial charge in [-0.2, -0.15) is 0 Å². The van der Waals surface area contributed by atoms with Crippen LogP contribution in [0.3, 0.4) is 0 Å². The van der Waals surface area contributed by atoms with Gasteiger partial charge >= 0.3 is 0 Å². The van der Waals surface area contributed by atoms with Crippen molar-refractivity contribution in [2.24, 2.45) is 0 Å². The maximum Gasteiger partial charge on any atom is 0.105 e. The first kappa shape index (κ1) is 34.8. The van der Waals surface area contributed by atoms with Crippen molar-refractivity contribution in [3.8, 4) is 0 Å². The van der Waals surface area contributed by atoms with Gasteiger partial charge in [-0.25, -0.2) is 0 Å². The Morgan fingerprint density at radius 1 is 0.425 bits per heavy atom. The molecule has 0 radical (unpaired) electrons. The van der Waals surface area contributed by atoms with E-state index in [-0.39, 0.29) is 0 Å². The molecule has 1 aliphatic heterocycles. The van der Waals surface area contributed by atoms with E-state index < -0.39 is 0 Å². The van der Waals surface area contributed by atoms with Crippen LogP contribution in [0.5, 0.6) is 0 Å². The zero-order valence-electron chi connectivity index (χ0n) is 27.1. The smallest absolute Gasteiger partial charge is 0.105 e. The molecule has 1 aliphatic rings. The molecule has 1 aromatic rings. The lowest BCUT2D eigenvalue weighted by Crippen LogP contribution is -2.41. The first-order valence-electron chi connectivity index (χ1n) is 18.1. The van der Waals surface area contributed by atoms with Crippen molar-refractivity contribution in [1.29, 1.82) is 0 Å². The van der Waals surface area contributed by atoms with Crippen LogP contribution in [0.2, 0.25) is 0 Å². The molecule has 0 aromatic heterocycles. The van der Waals surface area contributed by atoms with Crippen molar-refractivity contribution in [3.63, 3.8) is 0 Å². The van der Waals surface area contributed by atoms with Crippen molar-refractivity contribution in [3.05, 3.63) is 48.3 Å². The number of hydrogen-bond acceptors (Lipinski definition) is 2. The molecule has 0 saturated heterocycles. The molecule has 1 heterocycles. The van der Waals surface area contributed by atoms with Crippen LogP contribution in [0.25, 0.3) is 0 Å². The molecule has 1 aromatic carbocycles. The van der Waals surface area contributed by atoms with Crippen molar-refractivity contribution >= 4 is 0 Å². The third-order valence-electron chi connectivity index (χ3n) is 9.02. The van der Waals surface area contributed by atoms with Gasteiger partial charge in [-0.3, -0.25) is 0 Å². The molecule has 0 aliphatic carbocycles. The monoisotopic (exact) mass is 553 g/mol. The Morgan fingerprint density at radius 2 is 0.750 bits per heavy atom. The largest absolute Gasteiger partial charge is 0.356 e. The van der Waals surface area contributed by atoms with Crippen LogP contribution in [0.15, 0.2) is 42.7 Å². The minimum atomic E-state index is 0.503. The van der Waals surface area contributed by atoms with Crippen LogP contribution in [0, 0.1) is 0 Å². The highest BCUT2D eigenvalue weighted by Crippen LogP contribution is 2.23. The Balaban J connectivity index is 1.56. The van der Waals surface area contributed by atoms with E-state index in [2.05, 4.69) is 66.4 Å². The highest BCUT2D eigenvalue weighted by atomic mass is 15.4. The second-order valence-electron chi connectivity index (χ2n) is 12.7. The summed E-state index contributed by atoms with van der Waals surface area (Å²) in [6.45, 7) is 7.03. The van der Waals surface area contributed by atoms with E-state index >= 15 is 0 Å². The first-order valence-corrected chi connectivity index (χ1v) is 18.1. The summed E-state index contributed by atoms with van der Waals surface area (Å²) in [6, 6.07) is 11.2. The lowest BCUT2D eigenvalue weighted by molar-refractivity contribution is 0.148. The number of unbranched alkanes of at least 4 members (excludes halogenated alkanes) is 22. The Morgan fingerprint density at radius 3 is 1.10 bits per heavy atom. The fourth-order valence-corrected chi connectivity index (χ4v) is 6.34. The zero-order chi connectivity index (χ0) is 28.4. The van der Waals surface area contributed by atoms with E-state index in [1.807, 2.05) is 0 Å². The van der Waals surface area contributed by atoms with Gasteiger partial charge in [-0.05, 0) is 18.4 Å². The van der Waals surface area contributed by atoms with Gasteiger partial charge in [0.05, 0.1) is 0 Å². The van der Waals surface area contributed by atoms with Crippen LogP contribution in [-0.2, 0) is 6.42 Å². The molecule has 230 valence electrons. The van der Waals surface area contributed by atoms with Crippen LogP contribution in [-0.4, -0.2) is 29.1 Å². The average Bonchev–Trinajstić information content (AvgIpc) is 3.35. The van der Waals surface area contributed by atoms with Gasteiger partial charge in [-0.15, -0.1) is 0 Å². The molecule has 40 heavy (non-hydrogen) atoms. The lowest BCUT2D eigenvalue weighted by Gasteiger charge is -2.33. The molecule has 0 amide bonds. The Kier molecular flexibility index (Phi) is 22.0. The maximum atomic E-state index is 2.64.